The van der Waals surface area contributed by atoms with Gasteiger partial charge in [-0.15, -0.1) is 0 Å². The molecule has 2 fully saturated rings. The first-order valence-electron chi connectivity index (χ1n) is 7.72. The van der Waals surface area contributed by atoms with Gasteiger partial charge in [-0.25, -0.2) is 0 Å². The maximum Gasteiger partial charge on any atom is 0.176 e. The number of phenolic OH excluding ortho intramolecular Hbond substituents is 1. The normalized spacial score (nSPS) is 21.8. The first kappa shape index (κ1) is 14.9. The molecule has 1 saturated heterocycles. The van der Waals surface area contributed by atoms with Crippen molar-refractivity contribution in [2.24, 2.45) is 5.92 Å². The van der Waals surface area contributed by atoms with E-state index in [4.69, 9.17) is 16.3 Å². The van der Waals surface area contributed by atoms with E-state index in [0.717, 1.165) is 26.2 Å². The Morgan fingerprint density at radius 3 is 2.62 bits per heavy atom. The number of rotatable bonds is 4. The summed E-state index contributed by atoms with van der Waals surface area (Å²) in [6.45, 7) is 4.18. The molecule has 0 unspecified atom stereocenters. The second kappa shape index (κ2) is 6.42. The van der Waals surface area contributed by atoms with Crippen LogP contribution in [0.25, 0.3) is 0 Å². The van der Waals surface area contributed by atoms with E-state index in [9.17, 15) is 5.11 Å². The molecule has 5 heteroatoms. The lowest BCUT2D eigenvalue weighted by molar-refractivity contribution is 0.0835. The van der Waals surface area contributed by atoms with Crippen molar-refractivity contribution in [3.63, 3.8) is 0 Å². The summed E-state index contributed by atoms with van der Waals surface area (Å²) >= 11 is 6.19. The van der Waals surface area contributed by atoms with Crippen LogP contribution in [0.1, 0.15) is 30.9 Å². The first-order valence-corrected chi connectivity index (χ1v) is 8.09. The molecule has 1 heterocycles. The van der Waals surface area contributed by atoms with Gasteiger partial charge in [0.05, 0.1) is 12.1 Å². The SMILES string of the molecule is COc1cc([C@H](C2CCC2)N2CCNCC2)cc(Cl)c1O. The van der Waals surface area contributed by atoms with Gasteiger partial charge in [0.2, 0.25) is 0 Å². The second-order valence-corrected chi connectivity index (χ2v) is 6.38. The first-order chi connectivity index (χ1) is 10.2. The van der Waals surface area contributed by atoms with E-state index >= 15 is 0 Å². The molecule has 0 bridgehead atoms. The van der Waals surface area contributed by atoms with Gasteiger partial charge in [-0.05, 0) is 36.5 Å². The van der Waals surface area contributed by atoms with Gasteiger partial charge in [-0.1, -0.05) is 18.0 Å². The van der Waals surface area contributed by atoms with Crippen molar-refractivity contribution in [1.82, 2.24) is 10.2 Å². The highest BCUT2D eigenvalue weighted by molar-refractivity contribution is 6.32. The van der Waals surface area contributed by atoms with Crippen LogP contribution in [-0.4, -0.2) is 43.3 Å². The zero-order valence-corrected chi connectivity index (χ0v) is 13.2. The Morgan fingerprint density at radius 2 is 2.05 bits per heavy atom. The molecule has 2 aliphatic rings. The van der Waals surface area contributed by atoms with Crippen molar-refractivity contribution in [3.8, 4) is 11.5 Å². The topological polar surface area (TPSA) is 44.7 Å². The van der Waals surface area contributed by atoms with Crippen LogP contribution in [0.2, 0.25) is 5.02 Å². The molecule has 4 nitrogen and oxygen atoms in total. The Bertz CT molecular complexity index is 499. The van der Waals surface area contributed by atoms with Crippen molar-refractivity contribution < 1.29 is 9.84 Å². The highest BCUT2D eigenvalue weighted by Gasteiger charge is 2.34. The number of phenols is 1. The molecule has 1 aromatic rings. The summed E-state index contributed by atoms with van der Waals surface area (Å²) in [5.41, 5.74) is 1.17. The number of nitrogens with zero attached hydrogens (tertiary/aromatic N) is 1. The van der Waals surface area contributed by atoms with E-state index in [-0.39, 0.29) is 5.75 Å². The predicted molar refractivity (Wildman–Crippen MR) is 84.2 cm³/mol. The molecule has 0 spiro atoms. The van der Waals surface area contributed by atoms with E-state index < -0.39 is 0 Å². The molecule has 2 N–H and O–H groups in total. The number of aromatic hydroxyl groups is 1. The van der Waals surface area contributed by atoms with Crippen LogP contribution in [0.4, 0.5) is 0 Å². The zero-order valence-electron chi connectivity index (χ0n) is 12.4. The van der Waals surface area contributed by atoms with Gasteiger partial charge in [0.1, 0.15) is 0 Å². The molecule has 1 aliphatic carbocycles. The molecule has 0 radical (unpaired) electrons. The van der Waals surface area contributed by atoms with E-state index in [1.165, 1.54) is 24.8 Å². The van der Waals surface area contributed by atoms with Crippen molar-refractivity contribution >= 4 is 11.6 Å². The molecule has 116 valence electrons. The molecule has 3 rings (SSSR count). The van der Waals surface area contributed by atoms with Crippen LogP contribution in [0.3, 0.4) is 0 Å². The van der Waals surface area contributed by atoms with Gasteiger partial charge in [-0.3, -0.25) is 4.90 Å². The third kappa shape index (κ3) is 2.98. The third-order valence-corrected chi connectivity index (χ3v) is 5.04. The largest absolute Gasteiger partial charge is 0.503 e. The molecular formula is C16H23ClN2O2. The molecule has 1 saturated carbocycles. The molecule has 1 atom stereocenters. The summed E-state index contributed by atoms with van der Waals surface area (Å²) < 4.78 is 5.27. The van der Waals surface area contributed by atoms with Gasteiger partial charge in [-0.2, -0.15) is 0 Å². The van der Waals surface area contributed by atoms with E-state index in [2.05, 4.69) is 10.2 Å². The Kier molecular flexibility index (Phi) is 4.57. The van der Waals surface area contributed by atoms with E-state index in [0.29, 0.717) is 22.7 Å². The zero-order chi connectivity index (χ0) is 14.8. The number of ether oxygens (including phenoxy) is 1. The van der Waals surface area contributed by atoms with Crippen LogP contribution in [0, 0.1) is 5.92 Å². The minimum atomic E-state index is 0.0376. The number of hydrogen-bond acceptors (Lipinski definition) is 4. The molecule has 0 amide bonds. The van der Waals surface area contributed by atoms with Crippen LogP contribution in [-0.2, 0) is 0 Å². The summed E-state index contributed by atoms with van der Waals surface area (Å²) in [5.74, 6) is 1.20. The van der Waals surface area contributed by atoms with Gasteiger partial charge in [0.25, 0.3) is 0 Å². The third-order valence-electron chi connectivity index (χ3n) is 4.75. The van der Waals surface area contributed by atoms with Gasteiger partial charge < -0.3 is 15.2 Å². The van der Waals surface area contributed by atoms with Gasteiger partial charge in [0.15, 0.2) is 11.5 Å². The highest BCUT2D eigenvalue weighted by atomic mass is 35.5. The van der Waals surface area contributed by atoms with E-state index in [1.54, 1.807) is 7.11 Å². The lowest BCUT2D eigenvalue weighted by Crippen LogP contribution is -2.47. The minimum absolute atomic E-state index is 0.0376. The maximum absolute atomic E-state index is 9.94. The summed E-state index contributed by atoms with van der Waals surface area (Å²) in [5, 5.41) is 13.7. The fourth-order valence-electron chi connectivity index (χ4n) is 3.42. The van der Waals surface area contributed by atoms with Crippen LogP contribution in [0.5, 0.6) is 11.5 Å². The highest BCUT2D eigenvalue weighted by Crippen LogP contribution is 2.45. The summed E-state index contributed by atoms with van der Waals surface area (Å²) in [6, 6.07) is 4.24. The molecule has 1 aromatic carbocycles. The summed E-state index contributed by atoms with van der Waals surface area (Å²) in [6.07, 6.45) is 3.86. The predicted octanol–water partition coefficient (Wildman–Crippen LogP) is 2.80. The number of methoxy groups -OCH3 is 1. The lowest BCUT2D eigenvalue weighted by atomic mass is 9.76. The Balaban J connectivity index is 1.93. The molecule has 21 heavy (non-hydrogen) atoms. The summed E-state index contributed by atoms with van der Waals surface area (Å²) in [4.78, 5) is 2.54. The maximum atomic E-state index is 9.94. The van der Waals surface area contributed by atoms with Crippen LogP contribution < -0.4 is 10.1 Å². The molecular weight excluding hydrogens is 288 g/mol. The van der Waals surface area contributed by atoms with Gasteiger partial charge in [0, 0.05) is 32.2 Å². The standard InChI is InChI=1S/C16H23ClN2O2/c1-21-14-10-12(9-13(17)16(14)20)15(11-3-2-4-11)19-7-5-18-6-8-19/h9-11,15,18,20H,2-8H2,1H3/t15-/m0/s1. The Morgan fingerprint density at radius 1 is 1.33 bits per heavy atom. The number of hydrogen-bond donors (Lipinski definition) is 2. The number of nitrogens with one attached hydrogen (secondary N) is 1. The van der Waals surface area contributed by atoms with Crippen LogP contribution >= 0.6 is 11.6 Å². The number of benzene rings is 1. The number of halogens is 1. The summed E-state index contributed by atoms with van der Waals surface area (Å²) in [7, 11) is 1.57. The minimum Gasteiger partial charge on any atom is -0.503 e. The smallest absolute Gasteiger partial charge is 0.176 e. The van der Waals surface area contributed by atoms with Crippen molar-refractivity contribution in [2.75, 3.05) is 33.3 Å². The van der Waals surface area contributed by atoms with Crippen molar-refractivity contribution in [2.45, 2.75) is 25.3 Å². The lowest BCUT2D eigenvalue weighted by Gasteiger charge is -2.43. The molecule has 0 aromatic heterocycles. The average Bonchev–Trinajstić information content (AvgIpc) is 2.46. The van der Waals surface area contributed by atoms with Gasteiger partial charge >= 0.3 is 0 Å². The monoisotopic (exact) mass is 310 g/mol. The Labute approximate surface area is 131 Å². The fraction of sp³-hybridized carbons (Fsp3) is 0.625. The second-order valence-electron chi connectivity index (χ2n) is 5.98. The molecule has 1 aliphatic heterocycles. The van der Waals surface area contributed by atoms with E-state index in [1.807, 2.05) is 12.1 Å². The van der Waals surface area contributed by atoms with Crippen LogP contribution in [0.15, 0.2) is 12.1 Å². The Hall–Kier alpha value is -0.970. The fourth-order valence-corrected chi connectivity index (χ4v) is 3.64. The average molecular weight is 311 g/mol. The van der Waals surface area contributed by atoms with Crippen molar-refractivity contribution in [3.05, 3.63) is 22.7 Å². The van der Waals surface area contributed by atoms with Crippen molar-refractivity contribution in [1.29, 1.82) is 0 Å². The number of piperazine rings is 1. The quantitative estimate of drug-likeness (QED) is 0.897.